The van der Waals surface area contributed by atoms with Gasteiger partial charge in [-0.1, -0.05) is 28.5 Å². The van der Waals surface area contributed by atoms with E-state index in [2.05, 4.69) is 21.6 Å². The van der Waals surface area contributed by atoms with E-state index in [0.29, 0.717) is 10.7 Å². The molecule has 5 heteroatoms. The maximum Gasteiger partial charge on any atom is 0.257 e. The number of amides is 1. The van der Waals surface area contributed by atoms with Crippen molar-refractivity contribution in [3.8, 4) is 0 Å². The standard InChI is InChI=1S/C21H25N3OS/c1-12-3-13(2)5-17(4-12)18(25)22-20-24-23-19(26-20)21-9-14-6-15(10-21)8-16(7-14)11-21/h3-5,14-16H,6-11H2,1-2H3,(H,22,24,25). The molecule has 0 unspecified atom stereocenters. The lowest BCUT2D eigenvalue weighted by molar-refractivity contribution is -0.00555. The molecule has 0 atom stereocenters. The Hall–Kier alpha value is -1.75. The number of carbonyl (C=O) groups excluding carboxylic acids is 1. The van der Waals surface area contributed by atoms with Gasteiger partial charge in [-0.2, -0.15) is 0 Å². The first-order valence-electron chi connectivity index (χ1n) is 9.73. The van der Waals surface area contributed by atoms with E-state index in [1.165, 1.54) is 38.5 Å². The van der Waals surface area contributed by atoms with Crippen molar-refractivity contribution in [2.45, 2.75) is 57.8 Å². The summed E-state index contributed by atoms with van der Waals surface area (Å²) in [6.45, 7) is 4.03. The van der Waals surface area contributed by atoms with Crippen LogP contribution in [0.5, 0.6) is 0 Å². The number of nitrogens with one attached hydrogen (secondary N) is 1. The second kappa shape index (κ2) is 5.88. The van der Waals surface area contributed by atoms with Crippen molar-refractivity contribution in [2.75, 3.05) is 5.32 Å². The summed E-state index contributed by atoms with van der Waals surface area (Å²) in [7, 11) is 0. The molecular weight excluding hydrogens is 342 g/mol. The van der Waals surface area contributed by atoms with Crippen LogP contribution in [0.1, 0.15) is 65.0 Å². The fourth-order valence-corrected chi connectivity index (χ4v) is 7.09. The Kier molecular flexibility index (Phi) is 3.71. The molecule has 0 aliphatic heterocycles. The van der Waals surface area contributed by atoms with Crippen molar-refractivity contribution in [1.82, 2.24) is 10.2 Å². The van der Waals surface area contributed by atoms with Crippen molar-refractivity contribution in [3.63, 3.8) is 0 Å². The minimum absolute atomic E-state index is 0.0926. The van der Waals surface area contributed by atoms with Gasteiger partial charge < -0.3 is 0 Å². The van der Waals surface area contributed by atoms with E-state index < -0.39 is 0 Å². The first-order valence-corrected chi connectivity index (χ1v) is 10.5. The molecule has 0 radical (unpaired) electrons. The molecule has 1 aromatic carbocycles. The highest BCUT2D eigenvalue weighted by molar-refractivity contribution is 7.15. The van der Waals surface area contributed by atoms with Gasteiger partial charge in [-0.15, -0.1) is 10.2 Å². The van der Waals surface area contributed by atoms with E-state index in [-0.39, 0.29) is 11.3 Å². The third kappa shape index (κ3) is 2.77. The summed E-state index contributed by atoms with van der Waals surface area (Å²) in [5.74, 6) is 2.57. The fourth-order valence-electron chi connectivity index (χ4n) is 6.14. The Morgan fingerprint density at radius 3 is 2.15 bits per heavy atom. The molecule has 4 fully saturated rings. The van der Waals surface area contributed by atoms with Crippen LogP contribution < -0.4 is 5.32 Å². The van der Waals surface area contributed by atoms with Gasteiger partial charge in [0.15, 0.2) is 0 Å². The van der Waals surface area contributed by atoms with E-state index in [9.17, 15) is 4.79 Å². The summed E-state index contributed by atoms with van der Waals surface area (Å²) in [6, 6.07) is 5.92. The first kappa shape index (κ1) is 16.4. The smallest absolute Gasteiger partial charge is 0.257 e. The van der Waals surface area contributed by atoms with Gasteiger partial charge in [0.25, 0.3) is 5.91 Å². The molecule has 1 heterocycles. The highest BCUT2D eigenvalue weighted by atomic mass is 32.1. The highest BCUT2D eigenvalue weighted by Gasteiger charge is 2.53. The molecule has 1 N–H and O–H groups in total. The molecule has 4 aliphatic rings. The summed E-state index contributed by atoms with van der Waals surface area (Å²) in [6.07, 6.45) is 8.10. The number of aromatic nitrogens is 2. The van der Waals surface area contributed by atoms with E-state index >= 15 is 0 Å². The monoisotopic (exact) mass is 367 g/mol. The second-order valence-corrected chi connectivity index (χ2v) is 9.92. The van der Waals surface area contributed by atoms with Crippen LogP contribution in [0.3, 0.4) is 0 Å². The Morgan fingerprint density at radius 2 is 1.58 bits per heavy atom. The van der Waals surface area contributed by atoms with E-state index in [4.69, 9.17) is 0 Å². The zero-order valence-electron chi connectivity index (χ0n) is 15.4. The Balaban J connectivity index is 1.37. The minimum Gasteiger partial charge on any atom is -0.296 e. The van der Waals surface area contributed by atoms with Gasteiger partial charge in [0, 0.05) is 11.0 Å². The maximum absolute atomic E-state index is 12.6. The predicted molar refractivity (Wildman–Crippen MR) is 104 cm³/mol. The average molecular weight is 368 g/mol. The van der Waals surface area contributed by atoms with E-state index in [1.54, 1.807) is 11.3 Å². The third-order valence-electron chi connectivity index (χ3n) is 6.62. The molecule has 2 aromatic rings. The number of anilines is 1. The van der Waals surface area contributed by atoms with Gasteiger partial charge in [0.2, 0.25) is 5.13 Å². The number of carbonyl (C=O) groups is 1. The lowest BCUT2D eigenvalue weighted by atomic mass is 9.50. The molecule has 1 aromatic heterocycles. The van der Waals surface area contributed by atoms with Crippen molar-refractivity contribution < 1.29 is 4.79 Å². The summed E-state index contributed by atoms with van der Waals surface area (Å²) in [5.41, 5.74) is 3.13. The van der Waals surface area contributed by atoms with Crippen molar-refractivity contribution in [3.05, 3.63) is 39.9 Å². The fraction of sp³-hybridized carbons (Fsp3) is 0.571. The average Bonchev–Trinajstić information content (AvgIpc) is 3.02. The van der Waals surface area contributed by atoms with Crippen LogP contribution in [0.15, 0.2) is 18.2 Å². The maximum atomic E-state index is 12.6. The number of hydrogen-bond acceptors (Lipinski definition) is 4. The summed E-state index contributed by atoms with van der Waals surface area (Å²) in [5, 5.41) is 13.6. The van der Waals surface area contributed by atoms with Crippen LogP contribution in [0.2, 0.25) is 0 Å². The normalized spacial score (nSPS) is 32.0. The van der Waals surface area contributed by atoms with Crippen molar-refractivity contribution >= 4 is 22.4 Å². The quantitative estimate of drug-likeness (QED) is 0.841. The van der Waals surface area contributed by atoms with Crippen molar-refractivity contribution in [1.29, 1.82) is 0 Å². The summed E-state index contributed by atoms with van der Waals surface area (Å²) < 4.78 is 0. The molecular formula is C21H25N3OS. The summed E-state index contributed by atoms with van der Waals surface area (Å²) >= 11 is 1.60. The van der Waals surface area contributed by atoms with E-state index in [1.807, 2.05) is 26.0 Å². The van der Waals surface area contributed by atoms with E-state index in [0.717, 1.165) is 33.9 Å². The van der Waals surface area contributed by atoms with Gasteiger partial charge in [-0.05, 0) is 82.3 Å². The summed E-state index contributed by atoms with van der Waals surface area (Å²) in [4.78, 5) is 12.6. The number of rotatable bonds is 3. The molecule has 0 spiro atoms. The molecule has 4 aliphatic carbocycles. The molecule has 4 saturated carbocycles. The first-order chi connectivity index (χ1) is 12.5. The third-order valence-corrected chi connectivity index (χ3v) is 7.71. The van der Waals surface area contributed by atoms with Gasteiger partial charge in [0.05, 0.1) is 0 Å². The van der Waals surface area contributed by atoms with Gasteiger partial charge in [-0.25, -0.2) is 0 Å². The molecule has 6 rings (SSSR count). The number of hydrogen-bond donors (Lipinski definition) is 1. The molecule has 136 valence electrons. The zero-order valence-corrected chi connectivity index (χ0v) is 16.2. The molecule has 4 nitrogen and oxygen atoms in total. The SMILES string of the molecule is Cc1cc(C)cc(C(=O)Nc2nnc(C34CC5CC(CC(C5)C3)C4)s2)c1. The number of nitrogens with zero attached hydrogens (tertiary/aromatic N) is 2. The van der Waals surface area contributed by atoms with Crippen molar-refractivity contribution in [2.24, 2.45) is 17.8 Å². The van der Waals surface area contributed by atoms with Crippen LogP contribution in [0.4, 0.5) is 5.13 Å². The lowest BCUT2D eigenvalue weighted by Crippen LogP contribution is -2.48. The predicted octanol–water partition coefficient (Wildman–Crippen LogP) is 4.88. The van der Waals surface area contributed by atoms with Crippen LogP contribution in [-0.4, -0.2) is 16.1 Å². The molecule has 1 amide bonds. The topological polar surface area (TPSA) is 54.9 Å². The number of benzene rings is 1. The Labute approximate surface area is 158 Å². The van der Waals surface area contributed by atoms with Crippen LogP contribution >= 0.6 is 11.3 Å². The Bertz CT molecular complexity index is 816. The van der Waals surface area contributed by atoms with Crippen LogP contribution in [0.25, 0.3) is 0 Å². The largest absolute Gasteiger partial charge is 0.296 e. The number of aryl methyl sites for hydroxylation is 2. The van der Waals surface area contributed by atoms with Gasteiger partial charge >= 0.3 is 0 Å². The van der Waals surface area contributed by atoms with Crippen LogP contribution in [-0.2, 0) is 5.41 Å². The van der Waals surface area contributed by atoms with Crippen LogP contribution in [0, 0.1) is 31.6 Å². The second-order valence-electron chi connectivity index (χ2n) is 8.94. The van der Waals surface area contributed by atoms with Gasteiger partial charge in [-0.3, -0.25) is 10.1 Å². The molecule has 26 heavy (non-hydrogen) atoms. The molecule has 4 bridgehead atoms. The highest BCUT2D eigenvalue weighted by Crippen LogP contribution is 2.61. The minimum atomic E-state index is -0.0926. The Morgan fingerprint density at radius 1 is 1.00 bits per heavy atom. The molecule has 0 saturated heterocycles. The zero-order chi connectivity index (χ0) is 17.9. The van der Waals surface area contributed by atoms with Gasteiger partial charge in [0.1, 0.15) is 5.01 Å². The lowest BCUT2D eigenvalue weighted by Gasteiger charge is -2.55.